The first-order chi connectivity index (χ1) is 8.51. The van der Waals surface area contributed by atoms with Crippen molar-refractivity contribution in [2.24, 2.45) is 0 Å². The lowest BCUT2D eigenvalue weighted by molar-refractivity contribution is 0.0696. The van der Waals surface area contributed by atoms with Crippen LogP contribution in [0.1, 0.15) is 10.4 Å². The molecule has 1 N–H and O–H groups in total. The van der Waals surface area contributed by atoms with Crippen LogP contribution >= 0.6 is 31.9 Å². The highest BCUT2D eigenvalue weighted by molar-refractivity contribution is 9.09. The lowest BCUT2D eigenvalue weighted by Crippen LogP contribution is -2.29. The van der Waals surface area contributed by atoms with Crippen molar-refractivity contribution in [1.29, 1.82) is 0 Å². The number of nitrogens with zero attached hydrogens (tertiary/aromatic N) is 1. The van der Waals surface area contributed by atoms with Crippen molar-refractivity contribution < 1.29 is 18.7 Å². The molecule has 0 saturated heterocycles. The third kappa shape index (κ3) is 3.65. The van der Waals surface area contributed by atoms with E-state index in [1.165, 1.54) is 4.90 Å². The maximum absolute atomic E-state index is 13.8. The van der Waals surface area contributed by atoms with Gasteiger partial charge in [0.05, 0.1) is 5.56 Å². The average Bonchev–Trinajstić information content (AvgIpc) is 2.28. The second-order valence-electron chi connectivity index (χ2n) is 3.46. The summed E-state index contributed by atoms with van der Waals surface area (Å²) in [5, 5.41) is 9.82. The number of anilines is 1. The molecule has 0 bridgehead atoms. The summed E-state index contributed by atoms with van der Waals surface area (Å²) in [6.07, 6.45) is 0. The number of rotatable bonds is 6. The Labute approximate surface area is 120 Å². The van der Waals surface area contributed by atoms with Crippen molar-refractivity contribution in [2.75, 3.05) is 28.6 Å². The Hall–Kier alpha value is -0.690. The number of carbonyl (C=O) groups is 1. The first-order valence-corrected chi connectivity index (χ1v) is 7.34. The van der Waals surface area contributed by atoms with Crippen molar-refractivity contribution in [3.63, 3.8) is 0 Å². The van der Waals surface area contributed by atoms with Crippen molar-refractivity contribution in [2.45, 2.75) is 0 Å². The molecule has 3 nitrogen and oxygen atoms in total. The minimum absolute atomic E-state index is 0.195. The molecule has 0 aromatic heterocycles. The summed E-state index contributed by atoms with van der Waals surface area (Å²) in [6.45, 7) is 0.845. The molecule has 0 amide bonds. The zero-order valence-corrected chi connectivity index (χ0v) is 12.5. The molecule has 0 aliphatic rings. The van der Waals surface area contributed by atoms with Gasteiger partial charge in [0.15, 0.2) is 0 Å². The van der Waals surface area contributed by atoms with E-state index in [1.54, 1.807) is 0 Å². The second kappa shape index (κ2) is 7.04. The number of aromatic carboxylic acids is 1. The largest absolute Gasteiger partial charge is 0.478 e. The van der Waals surface area contributed by atoms with E-state index >= 15 is 0 Å². The molecule has 0 spiro atoms. The number of alkyl halides is 2. The lowest BCUT2D eigenvalue weighted by atomic mass is 10.1. The Bertz CT molecular complexity index is 414. The van der Waals surface area contributed by atoms with E-state index in [2.05, 4.69) is 31.9 Å². The van der Waals surface area contributed by atoms with Crippen LogP contribution in [0.3, 0.4) is 0 Å². The first-order valence-electron chi connectivity index (χ1n) is 5.10. The second-order valence-corrected chi connectivity index (χ2v) is 5.04. The van der Waals surface area contributed by atoms with Gasteiger partial charge in [-0.2, -0.15) is 0 Å². The van der Waals surface area contributed by atoms with Gasteiger partial charge in [-0.25, -0.2) is 13.6 Å². The van der Waals surface area contributed by atoms with Crippen LogP contribution in [0.25, 0.3) is 0 Å². The fourth-order valence-corrected chi connectivity index (χ4v) is 2.39. The van der Waals surface area contributed by atoms with Gasteiger partial charge in [-0.3, -0.25) is 0 Å². The summed E-state index contributed by atoms with van der Waals surface area (Å²) in [4.78, 5) is 12.2. The Morgan fingerprint density at radius 1 is 1.17 bits per heavy atom. The van der Waals surface area contributed by atoms with Crippen LogP contribution < -0.4 is 4.90 Å². The van der Waals surface area contributed by atoms with Crippen molar-refractivity contribution in [1.82, 2.24) is 0 Å². The zero-order valence-electron chi connectivity index (χ0n) is 9.30. The number of carboxylic acid groups (broad SMARTS) is 1. The molecular weight excluding hydrogens is 376 g/mol. The minimum Gasteiger partial charge on any atom is -0.478 e. The molecular formula is C11H11Br2F2NO2. The highest BCUT2D eigenvalue weighted by Crippen LogP contribution is 2.25. The van der Waals surface area contributed by atoms with Crippen molar-refractivity contribution >= 4 is 43.5 Å². The lowest BCUT2D eigenvalue weighted by Gasteiger charge is -2.24. The summed E-state index contributed by atoms with van der Waals surface area (Å²) in [6, 6.07) is 1.66. The van der Waals surface area contributed by atoms with Crippen LogP contribution in [0.15, 0.2) is 12.1 Å². The van der Waals surface area contributed by atoms with Gasteiger partial charge in [-0.1, -0.05) is 31.9 Å². The van der Waals surface area contributed by atoms with E-state index < -0.39 is 23.2 Å². The fraction of sp³-hybridized carbons (Fsp3) is 0.364. The van der Waals surface area contributed by atoms with E-state index in [0.29, 0.717) is 23.7 Å². The predicted molar refractivity (Wildman–Crippen MR) is 73.1 cm³/mol. The summed E-state index contributed by atoms with van der Waals surface area (Å²) < 4.78 is 27.6. The van der Waals surface area contributed by atoms with Crippen LogP contribution in [0.5, 0.6) is 0 Å². The molecule has 0 aliphatic carbocycles. The highest BCUT2D eigenvalue weighted by Gasteiger charge is 2.19. The number of hydrogen-bond acceptors (Lipinski definition) is 2. The number of benzene rings is 1. The molecule has 0 saturated carbocycles. The van der Waals surface area contributed by atoms with E-state index in [0.717, 1.165) is 12.1 Å². The average molecular weight is 387 g/mol. The van der Waals surface area contributed by atoms with Gasteiger partial charge in [-0.15, -0.1) is 0 Å². The molecule has 1 aromatic carbocycles. The van der Waals surface area contributed by atoms with Gasteiger partial charge in [0.2, 0.25) is 0 Å². The van der Waals surface area contributed by atoms with Crippen LogP contribution in [0, 0.1) is 11.6 Å². The fourth-order valence-electron chi connectivity index (χ4n) is 1.53. The smallest absolute Gasteiger partial charge is 0.335 e. The highest BCUT2D eigenvalue weighted by atomic mass is 79.9. The summed E-state index contributed by atoms with van der Waals surface area (Å²) in [5.41, 5.74) is -0.592. The van der Waals surface area contributed by atoms with Crippen molar-refractivity contribution in [3.8, 4) is 0 Å². The van der Waals surface area contributed by atoms with Crippen LogP contribution in [-0.4, -0.2) is 34.8 Å². The number of halogens is 4. The molecule has 0 heterocycles. The normalized spacial score (nSPS) is 10.4. The molecule has 0 aliphatic heterocycles. The molecule has 0 unspecified atom stereocenters. The van der Waals surface area contributed by atoms with Crippen molar-refractivity contribution in [3.05, 3.63) is 29.3 Å². The molecule has 0 fully saturated rings. The number of carboxylic acids is 1. The van der Waals surface area contributed by atoms with E-state index in [4.69, 9.17) is 5.11 Å². The predicted octanol–water partition coefficient (Wildman–Crippen LogP) is 3.26. The zero-order chi connectivity index (χ0) is 13.7. The molecule has 0 atom stereocenters. The van der Waals surface area contributed by atoms with Crippen LogP contribution in [-0.2, 0) is 0 Å². The van der Waals surface area contributed by atoms with Gasteiger partial charge in [0.25, 0.3) is 0 Å². The SMILES string of the molecule is O=C(O)c1cc(F)c(N(CCBr)CCBr)c(F)c1. The maximum atomic E-state index is 13.8. The van der Waals surface area contributed by atoms with Gasteiger partial charge < -0.3 is 10.0 Å². The topological polar surface area (TPSA) is 40.5 Å². The van der Waals surface area contributed by atoms with E-state index in [9.17, 15) is 13.6 Å². The van der Waals surface area contributed by atoms with Crippen LogP contribution in [0.4, 0.5) is 14.5 Å². The Kier molecular flexibility index (Phi) is 6.01. The summed E-state index contributed by atoms with van der Waals surface area (Å²) in [5.74, 6) is -3.09. The summed E-state index contributed by atoms with van der Waals surface area (Å²) in [7, 11) is 0. The Morgan fingerprint density at radius 2 is 1.61 bits per heavy atom. The number of hydrogen-bond donors (Lipinski definition) is 1. The molecule has 1 aromatic rings. The molecule has 100 valence electrons. The van der Waals surface area contributed by atoms with E-state index in [-0.39, 0.29) is 5.69 Å². The standard InChI is InChI=1S/C11H11Br2F2NO2/c12-1-3-16(4-2-13)10-8(14)5-7(11(17)18)6-9(10)15/h5-6H,1-4H2,(H,17,18). The van der Waals surface area contributed by atoms with E-state index in [1.807, 2.05) is 0 Å². The first kappa shape index (κ1) is 15.4. The Balaban J connectivity index is 3.18. The molecule has 0 radical (unpaired) electrons. The van der Waals surface area contributed by atoms with Gasteiger partial charge in [0, 0.05) is 23.7 Å². The molecule has 18 heavy (non-hydrogen) atoms. The minimum atomic E-state index is -1.35. The summed E-state index contributed by atoms with van der Waals surface area (Å²) >= 11 is 6.42. The van der Waals surface area contributed by atoms with Crippen LogP contribution in [0.2, 0.25) is 0 Å². The third-order valence-electron chi connectivity index (χ3n) is 2.29. The van der Waals surface area contributed by atoms with Gasteiger partial charge >= 0.3 is 5.97 Å². The third-order valence-corrected chi connectivity index (χ3v) is 3.00. The Morgan fingerprint density at radius 3 is 1.94 bits per heavy atom. The van der Waals surface area contributed by atoms with Gasteiger partial charge in [0.1, 0.15) is 17.3 Å². The maximum Gasteiger partial charge on any atom is 0.335 e. The quantitative estimate of drug-likeness (QED) is 0.763. The molecule has 7 heteroatoms. The monoisotopic (exact) mass is 385 g/mol. The van der Waals surface area contributed by atoms with Gasteiger partial charge in [-0.05, 0) is 12.1 Å². The molecule has 1 rings (SSSR count).